The Bertz CT molecular complexity index is 524. The number of benzene rings is 2. The van der Waals surface area contributed by atoms with Gasteiger partial charge in [0, 0.05) is 19.8 Å². The first-order chi connectivity index (χ1) is 8.61. The Morgan fingerprint density at radius 1 is 0.889 bits per heavy atom. The van der Waals surface area contributed by atoms with E-state index >= 15 is 0 Å². The molecule has 0 aliphatic heterocycles. The molecule has 0 aliphatic carbocycles. The van der Waals surface area contributed by atoms with Gasteiger partial charge in [-0.15, -0.1) is 0 Å². The SMILES string of the molecule is CCc1cc(-c2ccc(N(C)C)cc2)ccc1C. The highest BCUT2D eigenvalue weighted by atomic mass is 15.1. The third-order valence-electron chi connectivity index (χ3n) is 3.45. The topological polar surface area (TPSA) is 3.24 Å². The first kappa shape index (κ1) is 12.7. The predicted molar refractivity (Wildman–Crippen MR) is 80.3 cm³/mol. The minimum absolute atomic E-state index is 1.09. The molecule has 0 radical (unpaired) electrons. The molecule has 0 aromatic heterocycles. The highest BCUT2D eigenvalue weighted by Crippen LogP contribution is 2.24. The van der Waals surface area contributed by atoms with Gasteiger partial charge < -0.3 is 4.90 Å². The summed E-state index contributed by atoms with van der Waals surface area (Å²) in [5.41, 5.74) is 6.65. The lowest BCUT2D eigenvalue weighted by atomic mass is 9.98. The number of aryl methyl sites for hydroxylation is 2. The minimum Gasteiger partial charge on any atom is -0.378 e. The maximum Gasteiger partial charge on any atom is 0.0361 e. The molecule has 0 saturated carbocycles. The molecule has 0 spiro atoms. The third-order valence-corrected chi connectivity index (χ3v) is 3.45. The zero-order valence-corrected chi connectivity index (χ0v) is 11.7. The Morgan fingerprint density at radius 3 is 2.06 bits per heavy atom. The van der Waals surface area contributed by atoms with Gasteiger partial charge in [0.1, 0.15) is 0 Å². The average Bonchev–Trinajstić information content (AvgIpc) is 2.39. The van der Waals surface area contributed by atoms with Gasteiger partial charge in [-0.25, -0.2) is 0 Å². The van der Waals surface area contributed by atoms with Crippen LogP contribution >= 0.6 is 0 Å². The van der Waals surface area contributed by atoms with Crippen molar-refractivity contribution in [3.05, 3.63) is 53.6 Å². The van der Waals surface area contributed by atoms with Crippen LogP contribution in [0.1, 0.15) is 18.1 Å². The molecule has 0 fully saturated rings. The van der Waals surface area contributed by atoms with Crippen molar-refractivity contribution in [1.29, 1.82) is 0 Å². The summed E-state index contributed by atoms with van der Waals surface area (Å²) >= 11 is 0. The summed E-state index contributed by atoms with van der Waals surface area (Å²) < 4.78 is 0. The van der Waals surface area contributed by atoms with E-state index in [9.17, 15) is 0 Å². The third kappa shape index (κ3) is 2.56. The fourth-order valence-corrected chi connectivity index (χ4v) is 2.18. The molecule has 0 heterocycles. The van der Waals surface area contributed by atoms with Crippen molar-refractivity contribution in [3.63, 3.8) is 0 Å². The smallest absolute Gasteiger partial charge is 0.0361 e. The van der Waals surface area contributed by atoms with Crippen LogP contribution < -0.4 is 4.90 Å². The first-order valence-corrected chi connectivity index (χ1v) is 6.49. The molecule has 18 heavy (non-hydrogen) atoms. The second-order valence-electron chi connectivity index (χ2n) is 4.94. The van der Waals surface area contributed by atoms with Crippen molar-refractivity contribution in [1.82, 2.24) is 0 Å². The Hall–Kier alpha value is -1.76. The van der Waals surface area contributed by atoms with Gasteiger partial charge in [-0.2, -0.15) is 0 Å². The largest absolute Gasteiger partial charge is 0.378 e. The van der Waals surface area contributed by atoms with Crippen molar-refractivity contribution in [3.8, 4) is 11.1 Å². The van der Waals surface area contributed by atoms with Gasteiger partial charge in [0.15, 0.2) is 0 Å². The van der Waals surface area contributed by atoms with Crippen LogP contribution in [-0.2, 0) is 6.42 Å². The normalized spacial score (nSPS) is 10.4. The second kappa shape index (κ2) is 5.26. The number of rotatable bonds is 3. The molecular weight excluding hydrogens is 218 g/mol. The molecule has 1 nitrogen and oxygen atoms in total. The van der Waals surface area contributed by atoms with Gasteiger partial charge in [0.05, 0.1) is 0 Å². The van der Waals surface area contributed by atoms with Crippen LogP contribution in [0.25, 0.3) is 11.1 Å². The molecule has 0 amide bonds. The first-order valence-electron chi connectivity index (χ1n) is 6.49. The molecule has 0 atom stereocenters. The summed E-state index contributed by atoms with van der Waals surface area (Å²) in [5.74, 6) is 0. The van der Waals surface area contributed by atoms with Crippen LogP contribution in [0.3, 0.4) is 0 Å². The van der Waals surface area contributed by atoms with E-state index in [4.69, 9.17) is 0 Å². The average molecular weight is 239 g/mol. The van der Waals surface area contributed by atoms with Crippen LogP contribution in [0.4, 0.5) is 5.69 Å². The molecule has 1 heteroatoms. The zero-order valence-electron chi connectivity index (χ0n) is 11.7. The van der Waals surface area contributed by atoms with Gasteiger partial charge in [-0.05, 0) is 47.7 Å². The maximum absolute atomic E-state index is 2.31. The predicted octanol–water partition coefficient (Wildman–Crippen LogP) is 4.29. The molecule has 0 bridgehead atoms. The van der Waals surface area contributed by atoms with E-state index in [1.165, 1.54) is 27.9 Å². The molecular formula is C17H21N. The van der Waals surface area contributed by atoms with Crippen LogP contribution in [0.15, 0.2) is 42.5 Å². The number of hydrogen-bond acceptors (Lipinski definition) is 1. The second-order valence-corrected chi connectivity index (χ2v) is 4.94. The van der Waals surface area contributed by atoms with Crippen molar-refractivity contribution < 1.29 is 0 Å². The van der Waals surface area contributed by atoms with E-state index in [-0.39, 0.29) is 0 Å². The summed E-state index contributed by atoms with van der Waals surface area (Å²) in [6, 6.07) is 15.5. The summed E-state index contributed by atoms with van der Waals surface area (Å²) in [6.07, 6.45) is 1.09. The summed E-state index contributed by atoms with van der Waals surface area (Å²) in [4.78, 5) is 2.12. The van der Waals surface area contributed by atoms with Crippen molar-refractivity contribution in [2.24, 2.45) is 0 Å². The van der Waals surface area contributed by atoms with Gasteiger partial charge >= 0.3 is 0 Å². The van der Waals surface area contributed by atoms with Crippen LogP contribution in [0.5, 0.6) is 0 Å². The van der Waals surface area contributed by atoms with Gasteiger partial charge in [0.25, 0.3) is 0 Å². The molecule has 2 aromatic carbocycles. The van der Waals surface area contributed by atoms with Crippen molar-refractivity contribution >= 4 is 5.69 Å². The van der Waals surface area contributed by atoms with Crippen molar-refractivity contribution in [2.75, 3.05) is 19.0 Å². The quantitative estimate of drug-likeness (QED) is 0.772. The van der Waals surface area contributed by atoms with E-state index in [1.807, 2.05) is 0 Å². The van der Waals surface area contributed by atoms with E-state index in [1.54, 1.807) is 0 Å². The van der Waals surface area contributed by atoms with Gasteiger partial charge in [0.2, 0.25) is 0 Å². The molecule has 0 saturated heterocycles. The van der Waals surface area contributed by atoms with Crippen LogP contribution in [0, 0.1) is 6.92 Å². The molecule has 0 aliphatic rings. The van der Waals surface area contributed by atoms with E-state index in [0.29, 0.717) is 0 Å². The van der Waals surface area contributed by atoms with Crippen LogP contribution in [0.2, 0.25) is 0 Å². The van der Waals surface area contributed by atoms with Crippen LogP contribution in [-0.4, -0.2) is 14.1 Å². The van der Waals surface area contributed by atoms with E-state index in [0.717, 1.165) is 6.42 Å². The lowest BCUT2D eigenvalue weighted by Gasteiger charge is -2.13. The van der Waals surface area contributed by atoms with Crippen molar-refractivity contribution in [2.45, 2.75) is 20.3 Å². The summed E-state index contributed by atoms with van der Waals surface area (Å²) in [6.45, 7) is 4.39. The maximum atomic E-state index is 2.31. The highest BCUT2D eigenvalue weighted by Gasteiger charge is 2.02. The fraction of sp³-hybridized carbons (Fsp3) is 0.294. The Morgan fingerprint density at radius 2 is 1.50 bits per heavy atom. The lowest BCUT2D eigenvalue weighted by Crippen LogP contribution is -2.07. The number of nitrogens with zero attached hydrogens (tertiary/aromatic N) is 1. The summed E-state index contributed by atoms with van der Waals surface area (Å²) in [7, 11) is 4.13. The van der Waals surface area contributed by atoms with Gasteiger partial charge in [-0.3, -0.25) is 0 Å². The lowest BCUT2D eigenvalue weighted by molar-refractivity contribution is 1.11. The van der Waals surface area contributed by atoms with E-state index < -0.39 is 0 Å². The monoisotopic (exact) mass is 239 g/mol. The molecule has 0 N–H and O–H groups in total. The van der Waals surface area contributed by atoms with E-state index in [2.05, 4.69) is 75.3 Å². The highest BCUT2D eigenvalue weighted by molar-refractivity contribution is 5.67. The molecule has 2 aromatic rings. The Balaban J connectivity index is 2.36. The Kier molecular flexibility index (Phi) is 3.71. The van der Waals surface area contributed by atoms with Gasteiger partial charge in [-0.1, -0.05) is 37.3 Å². The standard InChI is InChI=1S/C17H21N/c1-5-14-12-16(7-6-13(14)2)15-8-10-17(11-9-15)18(3)4/h6-12H,5H2,1-4H3. The molecule has 94 valence electrons. The zero-order chi connectivity index (χ0) is 13.1. The summed E-state index contributed by atoms with van der Waals surface area (Å²) in [5, 5.41) is 0. The fourth-order valence-electron chi connectivity index (χ4n) is 2.18. The number of anilines is 1. The minimum atomic E-state index is 1.09. The Labute approximate surface area is 110 Å². The molecule has 0 unspecified atom stereocenters. The molecule has 2 rings (SSSR count). The number of hydrogen-bond donors (Lipinski definition) is 0.